The second kappa shape index (κ2) is 6.53. The molecular formula is C15H22BrN2O+. The minimum absolute atomic E-state index is 0.100. The van der Waals surface area contributed by atoms with Crippen LogP contribution < -0.4 is 10.2 Å². The Morgan fingerprint density at radius 2 is 1.95 bits per heavy atom. The van der Waals surface area contributed by atoms with Gasteiger partial charge in [0.2, 0.25) is 0 Å². The molecule has 1 aromatic rings. The summed E-state index contributed by atoms with van der Waals surface area (Å²) in [6, 6.07) is 7.73. The van der Waals surface area contributed by atoms with E-state index in [2.05, 4.69) is 35.1 Å². The van der Waals surface area contributed by atoms with Gasteiger partial charge < -0.3 is 10.2 Å². The number of carbonyl (C=O) groups excluding carboxylic acids is 1. The molecule has 0 spiro atoms. The molecule has 0 saturated carbocycles. The number of rotatable bonds is 3. The Balaban J connectivity index is 1.89. The smallest absolute Gasteiger partial charge is 0.279 e. The molecule has 0 aromatic heterocycles. The fraction of sp³-hybridized carbons (Fsp3) is 0.533. The maximum atomic E-state index is 12.1. The third-order valence-electron chi connectivity index (χ3n) is 3.64. The fourth-order valence-electron chi connectivity index (χ4n) is 3.05. The molecule has 1 fully saturated rings. The Morgan fingerprint density at radius 3 is 2.58 bits per heavy atom. The molecule has 0 unspecified atom stereocenters. The second-order valence-corrected chi connectivity index (χ2v) is 6.66. The minimum Gasteiger partial charge on any atom is -0.327 e. The van der Waals surface area contributed by atoms with Gasteiger partial charge in [-0.05, 0) is 34.5 Å². The number of amides is 1. The van der Waals surface area contributed by atoms with Crippen LogP contribution in [0, 0.1) is 11.8 Å². The van der Waals surface area contributed by atoms with E-state index in [-0.39, 0.29) is 5.91 Å². The van der Waals surface area contributed by atoms with Crippen molar-refractivity contribution in [1.29, 1.82) is 0 Å². The van der Waals surface area contributed by atoms with Crippen molar-refractivity contribution in [1.82, 2.24) is 0 Å². The van der Waals surface area contributed by atoms with Crippen molar-refractivity contribution in [2.45, 2.75) is 20.3 Å². The number of quaternary nitrogens is 1. The largest absolute Gasteiger partial charge is 0.327 e. The summed E-state index contributed by atoms with van der Waals surface area (Å²) in [5.41, 5.74) is 0.852. The van der Waals surface area contributed by atoms with Crippen LogP contribution in [-0.2, 0) is 4.79 Å². The van der Waals surface area contributed by atoms with E-state index in [1.54, 1.807) is 0 Å². The minimum atomic E-state index is 0.100. The van der Waals surface area contributed by atoms with E-state index < -0.39 is 0 Å². The van der Waals surface area contributed by atoms with Gasteiger partial charge in [0.05, 0.1) is 18.8 Å². The Kier molecular flexibility index (Phi) is 4.99. The highest BCUT2D eigenvalue weighted by molar-refractivity contribution is 9.10. The zero-order valence-electron chi connectivity index (χ0n) is 11.6. The van der Waals surface area contributed by atoms with Crippen LogP contribution in [0.4, 0.5) is 5.69 Å². The molecule has 1 aliphatic heterocycles. The van der Waals surface area contributed by atoms with Crippen molar-refractivity contribution in [2.75, 3.05) is 25.0 Å². The van der Waals surface area contributed by atoms with Crippen LogP contribution >= 0.6 is 15.9 Å². The second-order valence-electron chi connectivity index (χ2n) is 5.81. The van der Waals surface area contributed by atoms with Crippen LogP contribution in [0.2, 0.25) is 0 Å². The van der Waals surface area contributed by atoms with Crippen LogP contribution in [0.15, 0.2) is 28.7 Å². The number of hydrogen-bond donors (Lipinski definition) is 2. The fourth-order valence-corrected chi connectivity index (χ4v) is 3.43. The highest BCUT2D eigenvalue weighted by Crippen LogP contribution is 2.20. The van der Waals surface area contributed by atoms with Gasteiger partial charge in [-0.1, -0.05) is 26.0 Å². The van der Waals surface area contributed by atoms with Gasteiger partial charge in [-0.15, -0.1) is 0 Å². The van der Waals surface area contributed by atoms with Gasteiger partial charge in [0.15, 0.2) is 6.54 Å². The number of para-hydroxylation sites is 1. The van der Waals surface area contributed by atoms with Crippen LogP contribution in [0.5, 0.6) is 0 Å². The van der Waals surface area contributed by atoms with E-state index in [4.69, 9.17) is 0 Å². The first-order valence-corrected chi connectivity index (χ1v) is 7.72. The lowest BCUT2D eigenvalue weighted by Crippen LogP contribution is -3.15. The quantitative estimate of drug-likeness (QED) is 0.875. The molecule has 2 N–H and O–H groups in total. The average molecular weight is 326 g/mol. The van der Waals surface area contributed by atoms with E-state index in [0.717, 1.165) is 35.1 Å². The summed E-state index contributed by atoms with van der Waals surface area (Å²) in [4.78, 5) is 13.5. The highest BCUT2D eigenvalue weighted by Gasteiger charge is 2.26. The van der Waals surface area contributed by atoms with Crippen molar-refractivity contribution in [2.24, 2.45) is 11.8 Å². The van der Waals surface area contributed by atoms with Crippen molar-refractivity contribution in [3.63, 3.8) is 0 Å². The first-order valence-electron chi connectivity index (χ1n) is 6.92. The zero-order valence-corrected chi connectivity index (χ0v) is 13.2. The number of likely N-dealkylation sites (tertiary alicyclic amines) is 1. The molecule has 104 valence electrons. The highest BCUT2D eigenvalue weighted by atomic mass is 79.9. The van der Waals surface area contributed by atoms with Gasteiger partial charge in [-0.25, -0.2) is 0 Å². The lowest BCUT2D eigenvalue weighted by Gasteiger charge is -2.31. The van der Waals surface area contributed by atoms with Gasteiger partial charge in [-0.3, -0.25) is 4.79 Å². The molecule has 4 heteroatoms. The SMILES string of the molecule is C[C@@H]1C[C@@H](C)C[NH+](CC(=O)Nc2ccccc2Br)C1. The van der Waals surface area contributed by atoms with Crippen molar-refractivity contribution < 1.29 is 9.69 Å². The van der Waals surface area contributed by atoms with Crippen LogP contribution in [0.25, 0.3) is 0 Å². The lowest BCUT2D eigenvalue weighted by atomic mass is 9.92. The molecule has 0 radical (unpaired) electrons. The van der Waals surface area contributed by atoms with Crippen molar-refractivity contribution in [3.05, 3.63) is 28.7 Å². The van der Waals surface area contributed by atoms with Gasteiger partial charge in [0.25, 0.3) is 5.91 Å². The summed E-state index contributed by atoms with van der Waals surface area (Å²) < 4.78 is 0.929. The van der Waals surface area contributed by atoms with Crippen LogP contribution in [0.1, 0.15) is 20.3 Å². The molecule has 2 atom stereocenters. The Hall–Kier alpha value is -0.870. The predicted octanol–water partition coefficient (Wildman–Crippen LogP) is 1.95. The van der Waals surface area contributed by atoms with Crippen molar-refractivity contribution in [3.8, 4) is 0 Å². The van der Waals surface area contributed by atoms with Crippen LogP contribution in [0.3, 0.4) is 0 Å². The third-order valence-corrected chi connectivity index (χ3v) is 4.33. The summed E-state index contributed by atoms with van der Waals surface area (Å²) in [6.45, 7) is 7.33. The van der Waals surface area contributed by atoms with E-state index in [1.807, 2.05) is 24.3 Å². The molecule has 2 rings (SSSR count). The summed E-state index contributed by atoms with van der Waals surface area (Å²) in [5, 5.41) is 2.98. The van der Waals surface area contributed by atoms with Crippen molar-refractivity contribution >= 4 is 27.5 Å². The summed E-state index contributed by atoms with van der Waals surface area (Å²) >= 11 is 3.45. The number of halogens is 1. The Morgan fingerprint density at radius 1 is 1.32 bits per heavy atom. The zero-order chi connectivity index (χ0) is 13.8. The van der Waals surface area contributed by atoms with E-state index in [1.165, 1.54) is 11.3 Å². The number of carbonyl (C=O) groups is 1. The standard InChI is InChI=1S/C15H21BrN2O/c1-11-7-12(2)9-18(8-11)10-15(19)17-14-6-4-3-5-13(14)16/h3-6,11-12H,7-10H2,1-2H3,(H,17,19)/p+1/t11-,12-/m1/s1. The van der Waals surface area contributed by atoms with E-state index in [0.29, 0.717) is 6.54 Å². The molecule has 0 aliphatic carbocycles. The summed E-state index contributed by atoms with van der Waals surface area (Å²) in [7, 11) is 0. The van der Waals surface area contributed by atoms with Gasteiger partial charge in [0.1, 0.15) is 0 Å². The normalized spacial score (nSPS) is 27.0. The van der Waals surface area contributed by atoms with E-state index >= 15 is 0 Å². The van der Waals surface area contributed by atoms with E-state index in [9.17, 15) is 4.79 Å². The predicted molar refractivity (Wildman–Crippen MR) is 81.3 cm³/mol. The molecule has 1 aromatic carbocycles. The molecule has 1 amide bonds. The molecular weight excluding hydrogens is 304 g/mol. The molecule has 3 nitrogen and oxygen atoms in total. The molecule has 0 bridgehead atoms. The molecule has 1 saturated heterocycles. The number of nitrogens with one attached hydrogen (secondary N) is 2. The average Bonchev–Trinajstić information content (AvgIpc) is 2.30. The summed E-state index contributed by atoms with van der Waals surface area (Å²) in [5.74, 6) is 1.54. The van der Waals surface area contributed by atoms with Crippen LogP contribution in [-0.4, -0.2) is 25.5 Å². The number of hydrogen-bond acceptors (Lipinski definition) is 1. The maximum Gasteiger partial charge on any atom is 0.279 e. The molecule has 1 aliphatic rings. The molecule has 19 heavy (non-hydrogen) atoms. The number of anilines is 1. The monoisotopic (exact) mass is 325 g/mol. The van der Waals surface area contributed by atoms with Gasteiger partial charge >= 0.3 is 0 Å². The number of benzene rings is 1. The first-order chi connectivity index (χ1) is 9.04. The van der Waals surface area contributed by atoms with Gasteiger partial charge in [-0.2, -0.15) is 0 Å². The Labute approximate surface area is 123 Å². The van der Waals surface area contributed by atoms with Gasteiger partial charge in [0, 0.05) is 16.3 Å². The third kappa shape index (κ3) is 4.32. The summed E-state index contributed by atoms with van der Waals surface area (Å²) in [6.07, 6.45) is 1.29. The molecule has 1 heterocycles. The number of piperidine rings is 1. The topological polar surface area (TPSA) is 33.5 Å². The Bertz CT molecular complexity index is 440. The maximum absolute atomic E-state index is 12.1. The first kappa shape index (κ1) is 14.5. The lowest BCUT2D eigenvalue weighted by molar-refractivity contribution is -0.904.